The molecule has 0 aliphatic carbocycles. The van der Waals surface area contributed by atoms with Gasteiger partial charge in [-0.25, -0.2) is 0 Å². The fourth-order valence-corrected chi connectivity index (χ4v) is 0.932. The van der Waals surface area contributed by atoms with Gasteiger partial charge in [0.1, 0.15) is 0 Å². The number of hydrogen-bond donors (Lipinski definition) is 0. The summed E-state index contributed by atoms with van der Waals surface area (Å²) in [6.45, 7) is 5.25. The highest BCUT2D eigenvalue weighted by atomic mass is 79.9. The zero-order valence-corrected chi connectivity index (χ0v) is 9.50. The smallest absolute Gasteiger partial charge is 0.0215 e. The minimum Gasteiger partial charge on any atom is -0.103 e. The lowest BCUT2D eigenvalue weighted by atomic mass is 10.2. The Kier molecular flexibility index (Phi) is 8.68. The van der Waals surface area contributed by atoms with Gasteiger partial charge in [0.25, 0.3) is 0 Å². The van der Waals surface area contributed by atoms with Gasteiger partial charge >= 0.3 is 0 Å². The number of rotatable bonds is 2. The molecule has 0 fully saturated rings. The van der Waals surface area contributed by atoms with Gasteiger partial charge in [0.15, 0.2) is 0 Å². The van der Waals surface area contributed by atoms with Crippen LogP contribution in [0.5, 0.6) is 0 Å². The van der Waals surface area contributed by atoms with Gasteiger partial charge in [0.2, 0.25) is 0 Å². The van der Waals surface area contributed by atoms with Crippen molar-refractivity contribution in [2.45, 2.75) is 6.92 Å². The van der Waals surface area contributed by atoms with E-state index in [9.17, 15) is 0 Å². The van der Waals surface area contributed by atoms with E-state index in [1.54, 1.807) is 6.08 Å². The van der Waals surface area contributed by atoms with E-state index >= 15 is 0 Å². The maximum atomic E-state index is 3.36. The number of alkyl halides is 1. The molecule has 13 heavy (non-hydrogen) atoms. The summed E-state index contributed by atoms with van der Waals surface area (Å²) >= 11 is 3.32. The first-order valence-electron chi connectivity index (χ1n) is 4.19. The molecule has 0 saturated carbocycles. The van der Waals surface area contributed by atoms with Crippen LogP contribution in [0.3, 0.4) is 0 Å². The second-order valence-electron chi connectivity index (χ2n) is 2.38. The molecule has 1 aromatic carbocycles. The first-order valence-corrected chi connectivity index (χ1v) is 5.32. The number of allylic oxidation sites excluding steroid dienone is 2. The third-order valence-electron chi connectivity index (χ3n) is 1.20. The Morgan fingerprint density at radius 2 is 1.85 bits per heavy atom. The third kappa shape index (κ3) is 7.54. The summed E-state index contributed by atoms with van der Waals surface area (Å²) in [5, 5.41) is 0.919. The molecular formula is C12H15Br. The van der Waals surface area contributed by atoms with Gasteiger partial charge in [-0.2, -0.15) is 0 Å². The van der Waals surface area contributed by atoms with Crippen LogP contribution in [-0.4, -0.2) is 5.33 Å². The topological polar surface area (TPSA) is 0 Å². The van der Waals surface area contributed by atoms with Crippen LogP contribution in [0.1, 0.15) is 12.5 Å². The highest BCUT2D eigenvalue weighted by Crippen LogP contribution is 2.00. The van der Waals surface area contributed by atoms with Gasteiger partial charge in [-0.1, -0.05) is 64.5 Å². The second kappa shape index (κ2) is 9.27. The van der Waals surface area contributed by atoms with E-state index in [1.165, 1.54) is 5.56 Å². The molecule has 0 aliphatic heterocycles. The van der Waals surface area contributed by atoms with Crippen LogP contribution in [0.2, 0.25) is 0 Å². The summed E-state index contributed by atoms with van der Waals surface area (Å²) < 4.78 is 0. The Morgan fingerprint density at radius 3 is 2.31 bits per heavy atom. The lowest BCUT2D eigenvalue weighted by molar-refractivity contribution is 1.65. The highest BCUT2D eigenvalue weighted by molar-refractivity contribution is 9.09. The maximum Gasteiger partial charge on any atom is 0.0215 e. The van der Waals surface area contributed by atoms with Gasteiger partial charge in [0.05, 0.1) is 0 Å². The molecule has 0 nitrogen and oxygen atoms in total. The summed E-state index contributed by atoms with van der Waals surface area (Å²) in [6, 6.07) is 10.3. The van der Waals surface area contributed by atoms with Crippen molar-refractivity contribution in [3.63, 3.8) is 0 Å². The van der Waals surface area contributed by atoms with Crippen molar-refractivity contribution in [1.29, 1.82) is 0 Å². The van der Waals surface area contributed by atoms with Crippen molar-refractivity contribution in [2.24, 2.45) is 0 Å². The van der Waals surface area contributed by atoms with Gasteiger partial charge in [-0.3, -0.25) is 0 Å². The molecule has 0 N–H and O–H groups in total. The van der Waals surface area contributed by atoms with E-state index in [0.717, 1.165) is 5.33 Å². The van der Waals surface area contributed by atoms with Crippen LogP contribution >= 0.6 is 15.9 Å². The first-order chi connectivity index (χ1) is 6.35. The third-order valence-corrected chi connectivity index (χ3v) is 1.57. The summed E-state index contributed by atoms with van der Waals surface area (Å²) in [4.78, 5) is 0. The van der Waals surface area contributed by atoms with Gasteiger partial charge in [-0.05, 0) is 12.5 Å². The minimum absolute atomic E-state index is 0.919. The molecule has 1 rings (SSSR count). The van der Waals surface area contributed by atoms with Crippen molar-refractivity contribution < 1.29 is 0 Å². The van der Waals surface area contributed by atoms with Gasteiger partial charge in [-0.15, -0.1) is 6.58 Å². The van der Waals surface area contributed by atoms with Crippen LogP contribution < -0.4 is 0 Å². The summed E-state index contributed by atoms with van der Waals surface area (Å²) in [5.41, 5.74) is 1.25. The van der Waals surface area contributed by atoms with Crippen LogP contribution in [-0.2, 0) is 0 Å². The average molecular weight is 239 g/mol. The van der Waals surface area contributed by atoms with E-state index in [4.69, 9.17) is 0 Å². The van der Waals surface area contributed by atoms with Crippen LogP contribution in [0, 0.1) is 0 Å². The predicted octanol–water partition coefficient (Wildman–Crippen LogP) is 4.29. The molecule has 0 aromatic heterocycles. The van der Waals surface area contributed by atoms with Gasteiger partial charge < -0.3 is 0 Å². The molecule has 0 aliphatic rings. The van der Waals surface area contributed by atoms with E-state index in [1.807, 2.05) is 25.1 Å². The Balaban J connectivity index is 0.000000424. The SMILES string of the molecule is BrC/C=C/c1ccccc1.C=CC. The van der Waals surface area contributed by atoms with Gasteiger partial charge in [0, 0.05) is 5.33 Å². The monoisotopic (exact) mass is 238 g/mol. The van der Waals surface area contributed by atoms with E-state index in [0.29, 0.717) is 0 Å². The molecule has 0 spiro atoms. The molecule has 0 amide bonds. The Bertz CT molecular complexity index is 237. The fraction of sp³-hybridized carbons (Fsp3) is 0.167. The molecule has 70 valence electrons. The van der Waals surface area contributed by atoms with Crippen molar-refractivity contribution in [3.05, 3.63) is 54.6 Å². The number of hydrogen-bond acceptors (Lipinski definition) is 0. The highest BCUT2D eigenvalue weighted by Gasteiger charge is 1.79. The van der Waals surface area contributed by atoms with Crippen LogP contribution in [0.15, 0.2) is 49.1 Å². The molecule has 1 aromatic rings. The molecule has 0 radical (unpaired) electrons. The standard InChI is InChI=1S/C9H9Br.C3H6/c10-8-4-7-9-5-2-1-3-6-9;1-3-2/h1-7H,8H2;3H,1H2,2H3/b7-4+;. The maximum absolute atomic E-state index is 3.36. The first kappa shape index (κ1) is 12.2. The van der Waals surface area contributed by atoms with Crippen molar-refractivity contribution >= 4 is 22.0 Å². The molecule has 0 heterocycles. The second-order valence-corrected chi connectivity index (χ2v) is 3.02. The van der Waals surface area contributed by atoms with Crippen LogP contribution in [0.4, 0.5) is 0 Å². The number of halogens is 1. The lowest BCUT2D eigenvalue weighted by Crippen LogP contribution is -1.67. The van der Waals surface area contributed by atoms with Crippen molar-refractivity contribution in [3.8, 4) is 0 Å². The van der Waals surface area contributed by atoms with Crippen LogP contribution in [0.25, 0.3) is 6.08 Å². The Morgan fingerprint density at radius 1 is 1.31 bits per heavy atom. The van der Waals surface area contributed by atoms with E-state index in [-0.39, 0.29) is 0 Å². The van der Waals surface area contributed by atoms with Crippen molar-refractivity contribution in [1.82, 2.24) is 0 Å². The summed E-state index contributed by atoms with van der Waals surface area (Å²) in [5.74, 6) is 0. The fourth-order valence-electron chi connectivity index (χ4n) is 0.745. The number of benzene rings is 1. The molecular weight excluding hydrogens is 224 g/mol. The van der Waals surface area contributed by atoms with E-state index in [2.05, 4.69) is 46.8 Å². The Labute approximate surface area is 89.1 Å². The molecule has 1 heteroatoms. The largest absolute Gasteiger partial charge is 0.103 e. The average Bonchev–Trinajstić information content (AvgIpc) is 2.18. The van der Waals surface area contributed by atoms with Crippen molar-refractivity contribution in [2.75, 3.05) is 5.33 Å². The summed E-state index contributed by atoms with van der Waals surface area (Å²) in [6.07, 6.45) is 5.92. The van der Waals surface area contributed by atoms with E-state index < -0.39 is 0 Å². The molecule has 0 unspecified atom stereocenters. The Hall–Kier alpha value is -0.820. The molecule has 0 bridgehead atoms. The lowest BCUT2D eigenvalue weighted by Gasteiger charge is -1.88. The molecule has 0 atom stereocenters. The quantitative estimate of drug-likeness (QED) is 0.533. The summed E-state index contributed by atoms with van der Waals surface area (Å²) in [7, 11) is 0. The zero-order chi connectivity index (χ0) is 9.94. The molecule has 0 saturated heterocycles. The minimum atomic E-state index is 0.919. The predicted molar refractivity (Wildman–Crippen MR) is 65.1 cm³/mol. The zero-order valence-electron chi connectivity index (χ0n) is 7.91. The normalized spacial score (nSPS) is 9.08.